The molecule has 0 aliphatic carbocycles. The smallest absolute Gasteiger partial charge is 0.412 e. The first kappa shape index (κ1) is 17.5. The van der Waals surface area contributed by atoms with Crippen LogP contribution in [0.3, 0.4) is 0 Å². The number of carboxylic acid groups (broad SMARTS) is 1. The number of halogens is 3. The highest BCUT2D eigenvalue weighted by Gasteiger charge is 2.63. The van der Waals surface area contributed by atoms with Gasteiger partial charge in [-0.25, -0.2) is 4.79 Å². The molecule has 7 heteroatoms. The summed E-state index contributed by atoms with van der Waals surface area (Å²) in [5, 5.41) is 9.28. The number of carbonyl (C=O) groups is 2. The summed E-state index contributed by atoms with van der Waals surface area (Å²) in [6.45, 7) is -1.36. The molecule has 0 unspecified atom stereocenters. The van der Waals surface area contributed by atoms with Crippen LogP contribution in [0, 0.1) is 0 Å². The molecule has 0 saturated heterocycles. The van der Waals surface area contributed by atoms with Crippen molar-refractivity contribution in [2.75, 3.05) is 6.61 Å². The van der Waals surface area contributed by atoms with Crippen LogP contribution in [0.2, 0.25) is 0 Å². The number of esters is 1. The molecule has 0 bridgehead atoms. The van der Waals surface area contributed by atoms with Gasteiger partial charge in [0.1, 0.15) is 6.61 Å². The molecule has 0 aliphatic heterocycles. The van der Waals surface area contributed by atoms with E-state index in [1.54, 1.807) is 6.07 Å². The molecule has 4 nitrogen and oxygen atoms in total. The van der Waals surface area contributed by atoms with E-state index in [1.807, 2.05) is 0 Å². The fourth-order valence-electron chi connectivity index (χ4n) is 2.19. The Bertz CT molecular complexity index is 714. The summed E-state index contributed by atoms with van der Waals surface area (Å²) in [5.74, 6) is -3.16. The van der Waals surface area contributed by atoms with E-state index >= 15 is 0 Å². The number of ether oxygens (including phenoxy) is 1. The lowest BCUT2D eigenvalue weighted by Gasteiger charge is -2.31. The van der Waals surface area contributed by atoms with Crippen molar-refractivity contribution in [3.63, 3.8) is 0 Å². The Morgan fingerprint density at radius 1 is 0.917 bits per heavy atom. The van der Waals surface area contributed by atoms with Gasteiger partial charge in [0.05, 0.1) is 5.56 Å². The molecule has 1 atom stereocenters. The van der Waals surface area contributed by atoms with Crippen molar-refractivity contribution >= 4 is 11.9 Å². The minimum atomic E-state index is -5.16. The Kier molecular flexibility index (Phi) is 4.92. The SMILES string of the molecule is O=C(OC[C@](C(=O)O)(c1ccccc1)C(F)(F)F)c1ccccc1. The molecule has 2 aromatic rings. The van der Waals surface area contributed by atoms with Crippen molar-refractivity contribution < 1.29 is 32.6 Å². The van der Waals surface area contributed by atoms with Crippen LogP contribution in [0.4, 0.5) is 13.2 Å². The molecule has 0 radical (unpaired) electrons. The summed E-state index contributed by atoms with van der Waals surface area (Å²) in [5.41, 5.74) is -3.81. The van der Waals surface area contributed by atoms with E-state index in [2.05, 4.69) is 0 Å². The monoisotopic (exact) mass is 338 g/mol. The Morgan fingerprint density at radius 2 is 1.42 bits per heavy atom. The molecule has 0 spiro atoms. The van der Waals surface area contributed by atoms with Crippen LogP contribution in [0.1, 0.15) is 15.9 Å². The molecular formula is C17H13F3O4. The van der Waals surface area contributed by atoms with Crippen LogP contribution in [0.25, 0.3) is 0 Å². The molecule has 126 valence electrons. The molecule has 2 aromatic carbocycles. The highest BCUT2D eigenvalue weighted by atomic mass is 19.4. The van der Waals surface area contributed by atoms with E-state index < -0.39 is 35.7 Å². The number of alkyl halides is 3. The van der Waals surface area contributed by atoms with E-state index in [4.69, 9.17) is 4.74 Å². The van der Waals surface area contributed by atoms with Gasteiger partial charge in [0, 0.05) is 0 Å². The van der Waals surface area contributed by atoms with E-state index in [0.29, 0.717) is 0 Å². The van der Waals surface area contributed by atoms with Gasteiger partial charge in [-0.1, -0.05) is 48.5 Å². The van der Waals surface area contributed by atoms with Crippen molar-refractivity contribution in [1.82, 2.24) is 0 Å². The van der Waals surface area contributed by atoms with Gasteiger partial charge in [0.2, 0.25) is 5.41 Å². The highest BCUT2D eigenvalue weighted by Crippen LogP contribution is 2.42. The fourth-order valence-corrected chi connectivity index (χ4v) is 2.19. The maximum Gasteiger partial charge on any atom is 0.412 e. The van der Waals surface area contributed by atoms with Gasteiger partial charge in [0.15, 0.2) is 0 Å². The number of carboxylic acids is 1. The molecule has 0 saturated carbocycles. The molecule has 2 rings (SSSR count). The summed E-state index contributed by atoms with van der Waals surface area (Å²) in [6, 6.07) is 13.5. The van der Waals surface area contributed by atoms with Gasteiger partial charge >= 0.3 is 18.1 Å². The largest absolute Gasteiger partial charge is 0.480 e. The predicted octanol–water partition coefficient (Wildman–Crippen LogP) is 3.43. The summed E-state index contributed by atoms with van der Waals surface area (Å²) in [4.78, 5) is 23.4. The zero-order chi connectivity index (χ0) is 17.8. The third-order valence-electron chi connectivity index (χ3n) is 3.54. The van der Waals surface area contributed by atoms with E-state index in [0.717, 1.165) is 12.1 Å². The lowest BCUT2D eigenvalue weighted by Crippen LogP contribution is -2.53. The van der Waals surface area contributed by atoms with Crippen LogP contribution in [-0.4, -0.2) is 29.8 Å². The van der Waals surface area contributed by atoms with E-state index in [-0.39, 0.29) is 5.56 Å². The second kappa shape index (κ2) is 6.74. The molecule has 0 aromatic heterocycles. The molecule has 0 aliphatic rings. The molecular weight excluding hydrogens is 325 g/mol. The third kappa shape index (κ3) is 3.24. The van der Waals surface area contributed by atoms with Crippen LogP contribution in [0.5, 0.6) is 0 Å². The molecule has 1 N–H and O–H groups in total. The van der Waals surface area contributed by atoms with Crippen LogP contribution < -0.4 is 0 Å². The number of hydrogen-bond acceptors (Lipinski definition) is 3. The summed E-state index contributed by atoms with van der Waals surface area (Å²) in [6.07, 6.45) is -5.16. The Hall–Kier alpha value is -2.83. The van der Waals surface area contributed by atoms with Crippen LogP contribution >= 0.6 is 0 Å². The first-order valence-electron chi connectivity index (χ1n) is 6.87. The van der Waals surface area contributed by atoms with Crippen LogP contribution in [-0.2, 0) is 14.9 Å². The number of hydrogen-bond donors (Lipinski definition) is 1. The maximum atomic E-state index is 13.6. The number of benzene rings is 2. The van der Waals surface area contributed by atoms with Crippen molar-refractivity contribution in [2.45, 2.75) is 11.6 Å². The first-order valence-corrected chi connectivity index (χ1v) is 6.87. The Labute approximate surface area is 135 Å². The summed E-state index contributed by atoms with van der Waals surface area (Å²) >= 11 is 0. The maximum absolute atomic E-state index is 13.6. The average molecular weight is 338 g/mol. The molecule has 0 fully saturated rings. The Morgan fingerprint density at radius 3 is 1.88 bits per heavy atom. The minimum absolute atomic E-state index is 0.0343. The second-order valence-electron chi connectivity index (χ2n) is 5.02. The second-order valence-corrected chi connectivity index (χ2v) is 5.02. The topological polar surface area (TPSA) is 63.6 Å². The standard InChI is InChI=1S/C17H13F3O4/c18-17(19,20)16(15(22)23,13-9-5-2-6-10-13)11-24-14(21)12-7-3-1-4-8-12/h1-10H,11H2,(H,22,23)/t16-/m1/s1. The zero-order valence-corrected chi connectivity index (χ0v) is 12.3. The fraction of sp³-hybridized carbons (Fsp3) is 0.176. The van der Waals surface area contributed by atoms with Crippen molar-refractivity contribution in [2.24, 2.45) is 0 Å². The summed E-state index contributed by atoms with van der Waals surface area (Å²) in [7, 11) is 0. The highest BCUT2D eigenvalue weighted by molar-refractivity contribution is 5.90. The minimum Gasteiger partial charge on any atom is -0.480 e. The van der Waals surface area contributed by atoms with Gasteiger partial charge < -0.3 is 9.84 Å². The zero-order valence-electron chi connectivity index (χ0n) is 12.3. The lowest BCUT2D eigenvalue weighted by molar-refractivity contribution is -0.213. The van der Waals surface area contributed by atoms with Crippen molar-refractivity contribution in [3.05, 3.63) is 71.8 Å². The quantitative estimate of drug-likeness (QED) is 0.849. The van der Waals surface area contributed by atoms with Gasteiger partial charge in [-0.2, -0.15) is 13.2 Å². The van der Waals surface area contributed by atoms with Crippen molar-refractivity contribution in [3.8, 4) is 0 Å². The summed E-state index contributed by atoms with van der Waals surface area (Å²) < 4.78 is 45.5. The van der Waals surface area contributed by atoms with E-state index in [1.165, 1.54) is 42.5 Å². The normalized spacial score (nSPS) is 13.8. The number of aliphatic carboxylic acids is 1. The molecule has 24 heavy (non-hydrogen) atoms. The molecule has 0 amide bonds. The van der Waals surface area contributed by atoms with Gasteiger partial charge in [0.25, 0.3) is 0 Å². The Balaban J connectivity index is 2.37. The van der Waals surface area contributed by atoms with Crippen LogP contribution in [0.15, 0.2) is 60.7 Å². The number of carbonyl (C=O) groups excluding carboxylic acids is 1. The van der Waals surface area contributed by atoms with Gasteiger partial charge in [-0.3, -0.25) is 4.79 Å². The lowest BCUT2D eigenvalue weighted by atomic mass is 9.80. The third-order valence-corrected chi connectivity index (χ3v) is 3.54. The predicted molar refractivity (Wildman–Crippen MR) is 78.5 cm³/mol. The number of rotatable bonds is 5. The molecule has 0 heterocycles. The van der Waals surface area contributed by atoms with Gasteiger partial charge in [-0.05, 0) is 17.7 Å². The first-order chi connectivity index (χ1) is 11.3. The van der Waals surface area contributed by atoms with E-state index in [9.17, 15) is 27.9 Å². The van der Waals surface area contributed by atoms with Gasteiger partial charge in [-0.15, -0.1) is 0 Å². The van der Waals surface area contributed by atoms with Crippen molar-refractivity contribution in [1.29, 1.82) is 0 Å². The average Bonchev–Trinajstić information content (AvgIpc) is 2.55.